The van der Waals surface area contributed by atoms with E-state index in [-0.39, 0.29) is 11.4 Å². The van der Waals surface area contributed by atoms with Crippen molar-refractivity contribution in [1.29, 1.82) is 0 Å². The predicted octanol–water partition coefficient (Wildman–Crippen LogP) is 2.42. The van der Waals surface area contributed by atoms with Gasteiger partial charge in [-0.05, 0) is 30.7 Å². The number of aromatic nitrogens is 3. The minimum absolute atomic E-state index is 0.0716. The second kappa shape index (κ2) is 7.65. The molecule has 4 rings (SSSR count). The number of rotatable bonds is 5. The molecule has 3 heterocycles. The Morgan fingerprint density at radius 3 is 2.64 bits per heavy atom. The highest BCUT2D eigenvalue weighted by atomic mass is 19.1. The molecule has 7 nitrogen and oxygen atoms in total. The van der Waals surface area contributed by atoms with E-state index in [9.17, 15) is 14.3 Å². The van der Waals surface area contributed by atoms with Crippen LogP contribution in [0.15, 0.2) is 30.3 Å². The number of carbonyl (C=O) groups is 1. The lowest BCUT2D eigenvalue weighted by Crippen LogP contribution is -2.37. The first-order valence-electron chi connectivity index (χ1n) is 9.21. The van der Waals surface area contributed by atoms with Crippen molar-refractivity contribution in [2.24, 2.45) is 0 Å². The summed E-state index contributed by atoms with van der Waals surface area (Å²) in [4.78, 5) is 18.8. The smallest absolute Gasteiger partial charge is 0.340 e. The predicted molar refractivity (Wildman–Crippen MR) is 101 cm³/mol. The molecule has 1 fully saturated rings. The Bertz CT molecular complexity index is 1010. The third kappa shape index (κ3) is 3.61. The first kappa shape index (κ1) is 18.5. The van der Waals surface area contributed by atoms with Gasteiger partial charge in [-0.1, -0.05) is 12.1 Å². The number of fused-ring (bicyclic) bond motifs is 1. The number of aromatic carboxylic acids is 1. The highest BCUT2D eigenvalue weighted by Gasteiger charge is 2.22. The third-order valence-corrected chi connectivity index (χ3v) is 4.96. The molecule has 0 bridgehead atoms. The van der Waals surface area contributed by atoms with Gasteiger partial charge in [0.2, 0.25) is 0 Å². The SMILES string of the molecule is Cc1cc(-c2ccc(F)cc2)c(C(=O)O)c2nc(CCN3CCOCC3)nn12. The average Bonchev–Trinajstić information content (AvgIpc) is 3.12. The number of pyridine rings is 1. The van der Waals surface area contributed by atoms with E-state index < -0.39 is 5.97 Å². The number of morpholine rings is 1. The number of carboxylic acid groups (broad SMARTS) is 1. The maximum Gasteiger partial charge on any atom is 0.340 e. The Kier molecular flexibility index (Phi) is 5.06. The van der Waals surface area contributed by atoms with Crippen LogP contribution in [0.3, 0.4) is 0 Å². The van der Waals surface area contributed by atoms with Gasteiger partial charge in [0.05, 0.1) is 13.2 Å². The Morgan fingerprint density at radius 1 is 1.25 bits per heavy atom. The lowest BCUT2D eigenvalue weighted by Gasteiger charge is -2.25. The van der Waals surface area contributed by atoms with E-state index in [2.05, 4.69) is 15.0 Å². The summed E-state index contributed by atoms with van der Waals surface area (Å²) in [6.45, 7) is 5.85. The molecule has 1 saturated heterocycles. The molecule has 0 aliphatic carbocycles. The van der Waals surface area contributed by atoms with Gasteiger partial charge in [-0.25, -0.2) is 18.7 Å². The number of nitrogens with zero attached hydrogens (tertiary/aromatic N) is 4. The monoisotopic (exact) mass is 384 g/mol. The molecule has 2 aromatic heterocycles. The van der Waals surface area contributed by atoms with E-state index in [1.165, 1.54) is 12.1 Å². The van der Waals surface area contributed by atoms with E-state index >= 15 is 0 Å². The Balaban J connectivity index is 1.72. The fourth-order valence-corrected chi connectivity index (χ4v) is 3.48. The van der Waals surface area contributed by atoms with Gasteiger partial charge >= 0.3 is 5.97 Å². The van der Waals surface area contributed by atoms with E-state index in [4.69, 9.17) is 4.74 Å². The summed E-state index contributed by atoms with van der Waals surface area (Å²) >= 11 is 0. The van der Waals surface area contributed by atoms with E-state index in [1.807, 2.05) is 6.92 Å². The van der Waals surface area contributed by atoms with Gasteiger partial charge in [-0.15, -0.1) is 0 Å². The van der Waals surface area contributed by atoms with Crippen LogP contribution in [-0.2, 0) is 11.2 Å². The van der Waals surface area contributed by atoms with Gasteiger partial charge in [-0.2, -0.15) is 5.10 Å². The lowest BCUT2D eigenvalue weighted by atomic mass is 10.00. The molecular formula is C20H21FN4O3. The Hall–Kier alpha value is -2.84. The number of ether oxygens (including phenoxy) is 1. The van der Waals surface area contributed by atoms with Crippen LogP contribution in [0.2, 0.25) is 0 Å². The van der Waals surface area contributed by atoms with Crippen molar-refractivity contribution < 1.29 is 19.0 Å². The number of hydrogen-bond donors (Lipinski definition) is 1. The van der Waals surface area contributed by atoms with Crippen molar-refractivity contribution in [2.75, 3.05) is 32.8 Å². The fraction of sp³-hybridized carbons (Fsp3) is 0.350. The zero-order valence-electron chi connectivity index (χ0n) is 15.6. The fourth-order valence-electron chi connectivity index (χ4n) is 3.48. The van der Waals surface area contributed by atoms with Crippen LogP contribution in [-0.4, -0.2) is 63.4 Å². The standard InChI is InChI=1S/C20H21FN4O3/c1-13-12-16(14-2-4-15(21)5-3-14)18(20(26)27)19-22-17(23-25(13)19)6-7-24-8-10-28-11-9-24/h2-5,12H,6-11H2,1H3,(H,26,27). The number of carboxylic acids is 1. The summed E-state index contributed by atoms with van der Waals surface area (Å²) in [5.41, 5.74) is 2.28. The summed E-state index contributed by atoms with van der Waals surface area (Å²) in [5.74, 6) is -0.851. The number of aryl methyl sites for hydroxylation is 1. The van der Waals surface area contributed by atoms with Crippen molar-refractivity contribution in [3.8, 4) is 11.1 Å². The van der Waals surface area contributed by atoms with Gasteiger partial charge in [0, 0.05) is 37.3 Å². The number of hydrogen-bond acceptors (Lipinski definition) is 5. The molecule has 0 unspecified atom stereocenters. The zero-order chi connectivity index (χ0) is 19.7. The van der Waals surface area contributed by atoms with Crippen molar-refractivity contribution in [3.63, 3.8) is 0 Å². The molecular weight excluding hydrogens is 363 g/mol. The van der Waals surface area contributed by atoms with Crippen LogP contribution < -0.4 is 0 Å². The van der Waals surface area contributed by atoms with E-state index in [1.54, 1.807) is 22.7 Å². The van der Waals surface area contributed by atoms with Crippen molar-refractivity contribution in [2.45, 2.75) is 13.3 Å². The molecule has 8 heteroatoms. The second-order valence-corrected chi connectivity index (χ2v) is 6.85. The summed E-state index contributed by atoms with van der Waals surface area (Å²) in [7, 11) is 0. The highest BCUT2D eigenvalue weighted by Crippen LogP contribution is 2.28. The average molecular weight is 384 g/mol. The molecule has 146 valence electrons. The van der Waals surface area contributed by atoms with Crippen molar-refractivity contribution in [3.05, 3.63) is 53.2 Å². The molecule has 3 aromatic rings. The summed E-state index contributed by atoms with van der Waals surface area (Å²) < 4.78 is 20.2. The molecule has 0 amide bonds. The quantitative estimate of drug-likeness (QED) is 0.728. The normalized spacial score (nSPS) is 15.2. The van der Waals surface area contributed by atoms with Crippen LogP contribution in [0.1, 0.15) is 21.9 Å². The van der Waals surface area contributed by atoms with E-state index in [0.717, 1.165) is 38.5 Å². The minimum atomic E-state index is -1.09. The topological polar surface area (TPSA) is 80.0 Å². The summed E-state index contributed by atoms with van der Waals surface area (Å²) in [5, 5.41) is 14.3. The molecule has 28 heavy (non-hydrogen) atoms. The second-order valence-electron chi connectivity index (χ2n) is 6.85. The number of halogens is 1. The highest BCUT2D eigenvalue weighted by molar-refractivity contribution is 6.02. The molecule has 0 spiro atoms. The molecule has 0 atom stereocenters. The minimum Gasteiger partial charge on any atom is -0.478 e. The van der Waals surface area contributed by atoms with Crippen LogP contribution in [0.25, 0.3) is 16.8 Å². The van der Waals surface area contributed by atoms with Crippen LogP contribution in [0, 0.1) is 12.7 Å². The summed E-state index contributed by atoms with van der Waals surface area (Å²) in [6, 6.07) is 7.53. The molecule has 1 N–H and O–H groups in total. The Morgan fingerprint density at radius 2 is 1.96 bits per heavy atom. The zero-order valence-corrected chi connectivity index (χ0v) is 15.6. The molecule has 1 aliphatic rings. The molecule has 1 aromatic carbocycles. The number of benzene rings is 1. The van der Waals surface area contributed by atoms with Crippen molar-refractivity contribution in [1.82, 2.24) is 19.5 Å². The molecule has 0 radical (unpaired) electrons. The summed E-state index contributed by atoms with van der Waals surface area (Å²) in [6.07, 6.45) is 0.631. The maximum atomic E-state index is 13.3. The van der Waals surface area contributed by atoms with E-state index in [0.29, 0.717) is 29.0 Å². The van der Waals surface area contributed by atoms with Gasteiger partial charge in [-0.3, -0.25) is 4.90 Å². The van der Waals surface area contributed by atoms with Crippen LogP contribution >= 0.6 is 0 Å². The first-order chi connectivity index (χ1) is 13.5. The molecule has 1 aliphatic heterocycles. The largest absolute Gasteiger partial charge is 0.478 e. The van der Waals surface area contributed by atoms with Gasteiger partial charge in [0.25, 0.3) is 0 Å². The lowest BCUT2D eigenvalue weighted by molar-refractivity contribution is 0.0382. The Labute approximate surface area is 161 Å². The van der Waals surface area contributed by atoms with Gasteiger partial charge in [0.15, 0.2) is 11.5 Å². The van der Waals surface area contributed by atoms with Gasteiger partial charge in [0.1, 0.15) is 11.4 Å². The van der Waals surface area contributed by atoms with Crippen LogP contribution in [0.4, 0.5) is 4.39 Å². The third-order valence-electron chi connectivity index (χ3n) is 4.96. The first-order valence-corrected chi connectivity index (χ1v) is 9.21. The van der Waals surface area contributed by atoms with Gasteiger partial charge < -0.3 is 9.84 Å². The van der Waals surface area contributed by atoms with Crippen LogP contribution in [0.5, 0.6) is 0 Å². The van der Waals surface area contributed by atoms with Crippen molar-refractivity contribution >= 4 is 11.6 Å². The maximum absolute atomic E-state index is 13.3. The molecule has 0 saturated carbocycles.